The van der Waals surface area contributed by atoms with Crippen LogP contribution >= 0.6 is 0 Å². The van der Waals surface area contributed by atoms with E-state index in [0.717, 1.165) is 135 Å². The molecule has 1 heterocycles. The molecule has 3 amide bonds. The third-order valence-electron chi connectivity index (χ3n) is 19.8. The van der Waals surface area contributed by atoms with E-state index in [9.17, 15) is 14.4 Å². The van der Waals surface area contributed by atoms with Crippen LogP contribution in [0.2, 0.25) is 0 Å². The molecule has 7 rings (SSSR count). The maximum absolute atomic E-state index is 15.4. The number of nitrogens with one attached hydrogen (secondary N) is 9. The Hall–Kier alpha value is -10.7. The highest BCUT2D eigenvalue weighted by Crippen LogP contribution is 2.32. The highest BCUT2D eigenvalue weighted by molar-refractivity contribution is 5.98. The summed E-state index contributed by atoms with van der Waals surface area (Å²) in [6.45, 7) is 20.4. The molecular weight excluding hydrogens is 1480 g/mol. The molecule has 12 bridgehead atoms. The standard InChI is InChI=1S/C93H129N9O15/c1-10-19-28-31-34-37-40-94-85(103)64-49-67-55-68(50-64)98-89(107)74-59-76(82(115-46-25-16-7)62-80(74)113-44-23-14-5)91(109)100-70-52-66(87(105)96-42-39-36-33-30-21-12-3)54-72(57-70)102-93(111)78-60-77(83(116-47-26-17-8)63-84(78)117-48-27-18-9)92(110)101-71-53-65(86(104)95-41-38-35-32-29-20-11-2)51-69(56-71)99-90(108)75-58-73(88(106)97-67)79(112-43-22-13-4)61-81(75)114-45-24-15-6/h49-63H,10-48H2,1-9H3,(H,94,103)(H,95,104)(H,96,105)(H,97,106)(H,98,107)(H,99,108)(H,100,109)(H,101,110)(H,102,111). The average molecular weight is 1610 g/mol. The van der Waals surface area contributed by atoms with Crippen molar-refractivity contribution >= 4 is 83.1 Å². The highest BCUT2D eigenvalue weighted by atomic mass is 16.5. The molecule has 9 N–H and O–H groups in total. The molecule has 0 aliphatic heterocycles. The first-order valence-electron chi connectivity index (χ1n) is 43.4. The lowest BCUT2D eigenvalue weighted by Crippen LogP contribution is -2.24. The average Bonchev–Trinajstić information content (AvgIpc) is 0.798. The molecule has 0 aliphatic rings. The number of hydrogen-bond donors (Lipinski definition) is 9. The lowest BCUT2D eigenvalue weighted by atomic mass is 10.1. The molecule has 6 aromatic carbocycles. The Balaban J connectivity index is 1.75. The van der Waals surface area contributed by atoms with Crippen LogP contribution in [0.3, 0.4) is 0 Å². The van der Waals surface area contributed by atoms with Gasteiger partial charge in [-0.25, -0.2) is 0 Å². The van der Waals surface area contributed by atoms with Crippen molar-refractivity contribution in [2.24, 2.45) is 0 Å². The van der Waals surface area contributed by atoms with Crippen LogP contribution in [-0.4, -0.2) is 107 Å². The van der Waals surface area contributed by atoms with Gasteiger partial charge in [0.1, 0.15) is 34.5 Å². The quantitative estimate of drug-likeness (QED) is 0.0160. The minimum Gasteiger partial charge on any atom is -0.493 e. The molecule has 0 aliphatic carbocycles. The smallest absolute Gasteiger partial charge is 0.259 e. The van der Waals surface area contributed by atoms with Crippen molar-refractivity contribution < 1.29 is 42.8 Å². The summed E-state index contributed by atoms with van der Waals surface area (Å²) in [5.41, 5.74) is -4.16. The number of ether oxygens (including phenoxy) is 6. The number of benzene rings is 6. The van der Waals surface area contributed by atoms with Gasteiger partial charge in [0.25, 0.3) is 51.1 Å². The third kappa shape index (κ3) is 31.1. The van der Waals surface area contributed by atoms with Crippen molar-refractivity contribution in [2.75, 3.05) is 59.3 Å². The molecule has 0 unspecified atom stereocenters. The number of aromatic amines is 6. The van der Waals surface area contributed by atoms with Gasteiger partial charge in [-0.2, -0.15) is 0 Å². The fourth-order valence-electron chi connectivity index (χ4n) is 13.0. The number of fused-ring (bicyclic) bond motifs is 12. The zero-order valence-electron chi connectivity index (χ0n) is 70.9. The number of H-pyrrole nitrogens is 6. The summed E-state index contributed by atoms with van der Waals surface area (Å²) < 4.78 is 38.4. The zero-order valence-corrected chi connectivity index (χ0v) is 70.9. The topological polar surface area (TPSA) is 340 Å². The van der Waals surface area contributed by atoms with E-state index in [2.05, 4.69) is 66.6 Å². The number of hydrogen-bond acceptors (Lipinski definition) is 15. The number of amides is 3. The van der Waals surface area contributed by atoms with Crippen LogP contribution in [0.4, 0.5) is 0 Å². The molecule has 24 nitrogen and oxygen atoms in total. The van der Waals surface area contributed by atoms with Crippen molar-refractivity contribution in [3.63, 3.8) is 0 Å². The molecule has 0 radical (unpaired) electrons. The maximum Gasteiger partial charge on any atom is 0.259 e. The first-order valence-corrected chi connectivity index (χ1v) is 43.4. The Bertz CT molecular complexity index is 4380. The second kappa shape index (κ2) is 52.1. The van der Waals surface area contributed by atoms with Crippen molar-refractivity contribution in [3.8, 4) is 34.5 Å². The van der Waals surface area contributed by atoms with Gasteiger partial charge in [-0.1, -0.05) is 197 Å². The Morgan fingerprint density at radius 2 is 0.393 bits per heavy atom. The van der Waals surface area contributed by atoms with Crippen molar-refractivity contribution in [3.05, 3.63) is 170 Å². The lowest BCUT2D eigenvalue weighted by Gasteiger charge is -2.12. The molecule has 0 spiro atoms. The van der Waals surface area contributed by atoms with Gasteiger partial charge in [0.05, 0.1) is 72.0 Å². The van der Waals surface area contributed by atoms with Crippen LogP contribution in [-0.2, 0) is 0 Å². The van der Waals surface area contributed by atoms with E-state index < -0.39 is 51.1 Å². The summed E-state index contributed by atoms with van der Waals surface area (Å²) in [5, 5.41) is 8.39. The van der Waals surface area contributed by atoms with E-state index in [0.29, 0.717) is 77.4 Å². The molecule has 1 aromatic heterocycles. The van der Waals surface area contributed by atoms with Crippen molar-refractivity contribution in [1.29, 1.82) is 0 Å². The Morgan fingerprint density at radius 3 is 0.573 bits per heavy atom. The van der Waals surface area contributed by atoms with E-state index in [1.54, 1.807) is 0 Å². The zero-order chi connectivity index (χ0) is 84.1. The van der Waals surface area contributed by atoms with Gasteiger partial charge in [-0.15, -0.1) is 0 Å². The summed E-state index contributed by atoms with van der Waals surface area (Å²) in [5.74, 6) is -1.09. The molecule has 0 fully saturated rings. The minimum atomic E-state index is -0.780. The van der Waals surface area contributed by atoms with E-state index in [1.807, 2.05) is 41.5 Å². The van der Waals surface area contributed by atoms with E-state index in [1.165, 1.54) is 91.0 Å². The molecule has 7 aromatic rings. The van der Waals surface area contributed by atoms with Crippen LogP contribution in [0.25, 0.3) is 65.4 Å². The monoisotopic (exact) mass is 1610 g/mol. The van der Waals surface area contributed by atoms with E-state index in [-0.39, 0.29) is 156 Å². The number of rotatable bonds is 48. The maximum atomic E-state index is 15.4. The Labute approximate surface area is 686 Å². The number of carbonyl (C=O) groups is 3. The van der Waals surface area contributed by atoms with Gasteiger partial charge in [0.15, 0.2) is 0 Å². The van der Waals surface area contributed by atoms with Crippen LogP contribution in [0.5, 0.6) is 34.5 Å². The SMILES string of the molecule is CCCCCCCCNC(=O)c1cc2cc(c1)[nH]c(=O)c1cc(c(OCCCC)cc1OCCCC)c(=O)[nH]c1cc(C(=O)NCCCCCCCC)cc(c1)[nH]c(=O)c1cc(c(OCCCC)cc1OCCCC)c(=O)[nH]c1cc(C(=O)NCCCCCCCC)cc(c1)[nH]c(=O)c1cc(c(OCCCC)cc1OCCCC)c(=O)[nH]2. The van der Waals surface area contributed by atoms with Gasteiger partial charge in [0, 0.05) is 87.6 Å². The van der Waals surface area contributed by atoms with Gasteiger partial charge < -0.3 is 74.3 Å². The summed E-state index contributed by atoms with van der Waals surface area (Å²) in [6.07, 6.45) is 25.6. The molecule has 0 saturated heterocycles. The second-order valence-corrected chi connectivity index (χ2v) is 29.9. The highest BCUT2D eigenvalue weighted by Gasteiger charge is 2.18. The first-order chi connectivity index (χ1) is 56.9. The van der Waals surface area contributed by atoms with E-state index >= 15 is 28.8 Å². The van der Waals surface area contributed by atoms with Gasteiger partial charge in [0.2, 0.25) is 0 Å². The predicted molar refractivity (Wildman–Crippen MR) is 474 cm³/mol. The Morgan fingerprint density at radius 1 is 0.222 bits per heavy atom. The molecule has 0 atom stereocenters. The van der Waals surface area contributed by atoms with Crippen molar-refractivity contribution in [2.45, 2.75) is 255 Å². The summed E-state index contributed by atoms with van der Waals surface area (Å²) in [7, 11) is 0. The van der Waals surface area contributed by atoms with Crippen LogP contribution in [0, 0.1) is 0 Å². The van der Waals surface area contributed by atoms with Crippen LogP contribution in [0.1, 0.15) is 286 Å². The normalized spacial score (nSPS) is 11.1. The van der Waals surface area contributed by atoms with Gasteiger partial charge in [-0.3, -0.25) is 43.2 Å². The van der Waals surface area contributed by atoms with Gasteiger partial charge in [-0.05, 0) is 131 Å². The molecule has 636 valence electrons. The number of unbranched alkanes of at least 4 members (excludes halogenated alkanes) is 21. The van der Waals surface area contributed by atoms with Crippen LogP contribution < -0.4 is 77.7 Å². The molecular formula is C93H129N9O15. The summed E-state index contributed by atoms with van der Waals surface area (Å²) >= 11 is 0. The number of aromatic nitrogens is 6. The molecule has 0 saturated carbocycles. The Kier molecular flexibility index (Phi) is 41.7. The van der Waals surface area contributed by atoms with E-state index in [4.69, 9.17) is 28.4 Å². The second-order valence-electron chi connectivity index (χ2n) is 29.9. The summed E-state index contributed by atoms with van der Waals surface area (Å²) in [6, 6.07) is 21.8. The first kappa shape index (κ1) is 93.5. The predicted octanol–water partition coefficient (Wildman–Crippen LogP) is 19.1. The summed E-state index contributed by atoms with van der Waals surface area (Å²) in [4.78, 5) is 154. The van der Waals surface area contributed by atoms with Gasteiger partial charge >= 0.3 is 0 Å². The largest absolute Gasteiger partial charge is 0.493 e. The number of carbonyl (C=O) groups excluding carboxylic acids is 3. The molecule has 24 heteroatoms. The fraction of sp³-hybridized carbons (Fsp3) is 0.516. The molecule has 117 heavy (non-hydrogen) atoms. The van der Waals surface area contributed by atoms with Crippen LogP contribution in [0.15, 0.2) is 120 Å². The fourth-order valence-corrected chi connectivity index (χ4v) is 13.0. The lowest BCUT2D eigenvalue weighted by molar-refractivity contribution is 0.0945. The van der Waals surface area contributed by atoms with Crippen molar-refractivity contribution in [1.82, 2.24) is 45.9 Å². The third-order valence-corrected chi connectivity index (χ3v) is 19.8. The minimum absolute atomic E-state index is 0.0530.